The molecule has 1 amide bonds. The fourth-order valence-corrected chi connectivity index (χ4v) is 0.996. The first-order valence-corrected chi connectivity index (χ1v) is 4.57. The maximum atomic E-state index is 11.4. The highest BCUT2D eigenvalue weighted by atomic mass is 16.1. The molecule has 4 nitrogen and oxygen atoms in total. The van der Waals surface area contributed by atoms with Gasteiger partial charge in [0.1, 0.15) is 0 Å². The van der Waals surface area contributed by atoms with Gasteiger partial charge >= 0.3 is 0 Å². The van der Waals surface area contributed by atoms with Crippen LogP contribution < -0.4 is 16.4 Å². The second-order valence-electron chi connectivity index (χ2n) is 4.22. The lowest BCUT2D eigenvalue weighted by Crippen LogP contribution is -2.45. The lowest BCUT2D eigenvalue weighted by molar-refractivity contribution is -0.122. The Morgan fingerprint density at radius 3 is 2.31 bits per heavy atom. The summed E-state index contributed by atoms with van der Waals surface area (Å²) in [5, 5.41) is 5.87. The number of amides is 1. The zero-order chi connectivity index (χ0) is 10.5. The van der Waals surface area contributed by atoms with Crippen LogP contribution in [0.4, 0.5) is 0 Å². The molecule has 13 heavy (non-hydrogen) atoms. The molecule has 0 radical (unpaired) electrons. The van der Waals surface area contributed by atoms with Crippen molar-refractivity contribution >= 4 is 5.91 Å². The smallest absolute Gasteiger partial charge is 0.222 e. The fourth-order valence-electron chi connectivity index (χ4n) is 0.996. The number of likely N-dealkylation sites (N-methyl/N-ethyl adjacent to an activating group) is 1. The Labute approximate surface area is 80.3 Å². The predicted octanol–water partition coefficient (Wildman–Crippen LogP) is -0.162. The van der Waals surface area contributed by atoms with E-state index >= 15 is 0 Å². The van der Waals surface area contributed by atoms with Gasteiger partial charge in [0.25, 0.3) is 0 Å². The minimum atomic E-state index is -0.163. The van der Waals surface area contributed by atoms with E-state index in [1.54, 1.807) is 0 Å². The maximum absolute atomic E-state index is 11.4. The lowest BCUT2D eigenvalue weighted by atomic mass is 10.1. The molecule has 0 aliphatic carbocycles. The molecule has 0 spiro atoms. The third-order valence-electron chi connectivity index (χ3n) is 1.64. The van der Waals surface area contributed by atoms with Crippen LogP contribution in [0.5, 0.6) is 0 Å². The summed E-state index contributed by atoms with van der Waals surface area (Å²) in [7, 11) is 1.81. The van der Waals surface area contributed by atoms with Gasteiger partial charge in [0.2, 0.25) is 5.91 Å². The quantitative estimate of drug-likeness (QED) is 0.573. The second-order valence-corrected chi connectivity index (χ2v) is 4.22. The Bertz CT molecular complexity index is 159. The van der Waals surface area contributed by atoms with E-state index in [0.717, 1.165) is 0 Å². The van der Waals surface area contributed by atoms with E-state index in [1.807, 2.05) is 27.8 Å². The molecule has 4 N–H and O–H groups in total. The van der Waals surface area contributed by atoms with Crippen LogP contribution in [0.15, 0.2) is 0 Å². The van der Waals surface area contributed by atoms with Crippen molar-refractivity contribution in [3.8, 4) is 0 Å². The van der Waals surface area contributed by atoms with Crippen molar-refractivity contribution in [2.75, 3.05) is 13.6 Å². The van der Waals surface area contributed by atoms with Gasteiger partial charge in [-0.15, -0.1) is 0 Å². The standard InChI is InChI=1S/C9H21N3O/c1-9(2,3)12-8(13)5-7(6-10)11-4/h7,11H,5-6,10H2,1-4H3,(H,12,13). The Morgan fingerprint density at radius 1 is 1.46 bits per heavy atom. The van der Waals surface area contributed by atoms with Crippen LogP contribution in [0.2, 0.25) is 0 Å². The fraction of sp³-hybridized carbons (Fsp3) is 0.889. The zero-order valence-corrected chi connectivity index (χ0v) is 8.98. The number of carbonyl (C=O) groups is 1. The van der Waals surface area contributed by atoms with Gasteiger partial charge in [-0.05, 0) is 27.8 Å². The van der Waals surface area contributed by atoms with Gasteiger partial charge in [-0.2, -0.15) is 0 Å². The first-order valence-electron chi connectivity index (χ1n) is 4.57. The third kappa shape index (κ3) is 6.54. The van der Waals surface area contributed by atoms with E-state index in [2.05, 4.69) is 10.6 Å². The molecule has 0 saturated carbocycles. The molecule has 0 aromatic rings. The average molecular weight is 187 g/mol. The maximum Gasteiger partial charge on any atom is 0.222 e. The highest BCUT2D eigenvalue weighted by molar-refractivity contribution is 5.77. The summed E-state index contributed by atoms with van der Waals surface area (Å²) in [6, 6.07) is 0.0716. The van der Waals surface area contributed by atoms with E-state index in [9.17, 15) is 4.79 Å². The van der Waals surface area contributed by atoms with E-state index in [1.165, 1.54) is 0 Å². The predicted molar refractivity (Wildman–Crippen MR) is 54.4 cm³/mol. The van der Waals surface area contributed by atoms with Crippen LogP contribution in [0.25, 0.3) is 0 Å². The number of rotatable bonds is 4. The lowest BCUT2D eigenvalue weighted by Gasteiger charge is -2.22. The third-order valence-corrected chi connectivity index (χ3v) is 1.64. The number of hydrogen-bond acceptors (Lipinski definition) is 3. The molecule has 0 heterocycles. The van der Waals surface area contributed by atoms with Crippen molar-refractivity contribution in [3.05, 3.63) is 0 Å². The summed E-state index contributed by atoms with van der Waals surface area (Å²) >= 11 is 0. The van der Waals surface area contributed by atoms with E-state index in [-0.39, 0.29) is 17.5 Å². The van der Waals surface area contributed by atoms with Crippen LogP contribution in [-0.2, 0) is 4.79 Å². The van der Waals surface area contributed by atoms with Crippen molar-refractivity contribution in [2.45, 2.75) is 38.8 Å². The van der Waals surface area contributed by atoms with Crippen molar-refractivity contribution in [1.29, 1.82) is 0 Å². The summed E-state index contributed by atoms with van der Waals surface area (Å²) in [5.74, 6) is 0.0392. The topological polar surface area (TPSA) is 67.1 Å². The summed E-state index contributed by atoms with van der Waals surface area (Å²) in [6.07, 6.45) is 0.435. The minimum absolute atomic E-state index is 0.0392. The SMILES string of the molecule is CNC(CN)CC(=O)NC(C)(C)C. The first-order chi connectivity index (χ1) is 5.89. The van der Waals surface area contributed by atoms with Gasteiger partial charge in [0.15, 0.2) is 0 Å². The van der Waals surface area contributed by atoms with Gasteiger partial charge in [-0.3, -0.25) is 4.79 Å². The van der Waals surface area contributed by atoms with E-state index < -0.39 is 0 Å². The average Bonchev–Trinajstić information content (AvgIpc) is 1.96. The Hall–Kier alpha value is -0.610. The zero-order valence-electron chi connectivity index (χ0n) is 8.98. The Kier molecular flexibility index (Phi) is 4.95. The van der Waals surface area contributed by atoms with Crippen molar-refractivity contribution in [2.24, 2.45) is 5.73 Å². The molecule has 0 rings (SSSR count). The van der Waals surface area contributed by atoms with Crippen LogP contribution in [0.3, 0.4) is 0 Å². The second kappa shape index (κ2) is 5.19. The van der Waals surface area contributed by atoms with Crippen molar-refractivity contribution in [3.63, 3.8) is 0 Å². The Balaban J connectivity index is 3.86. The summed E-state index contributed by atoms with van der Waals surface area (Å²) < 4.78 is 0. The normalized spacial score (nSPS) is 13.9. The molecule has 4 heteroatoms. The number of nitrogens with two attached hydrogens (primary N) is 1. The molecule has 0 saturated heterocycles. The van der Waals surface area contributed by atoms with Crippen LogP contribution in [0, 0.1) is 0 Å². The number of hydrogen-bond donors (Lipinski definition) is 3. The first kappa shape index (κ1) is 12.4. The molecule has 1 unspecified atom stereocenters. The molecule has 1 atom stereocenters. The van der Waals surface area contributed by atoms with Gasteiger partial charge < -0.3 is 16.4 Å². The van der Waals surface area contributed by atoms with Crippen LogP contribution >= 0.6 is 0 Å². The molecule has 0 fully saturated rings. The molecule has 78 valence electrons. The summed E-state index contributed by atoms with van der Waals surface area (Å²) in [4.78, 5) is 11.4. The highest BCUT2D eigenvalue weighted by Gasteiger charge is 2.16. The molecular formula is C9H21N3O. The number of carbonyl (C=O) groups excluding carboxylic acids is 1. The van der Waals surface area contributed by atoms with Gasteiger partial charge in [-0.25, -0.2) is 0 Å². The molecule has 0 aliphatic heterocycles. The molecule has 0 aliphatic rings. The highest BCUT2D eigenvalue weighted by Crippen LogP contribution is 2.00. The molecule has 0 bridgehead atoms. The van der Waals surface area contributed by atoms with Crippen LogP contribution in [-0.4, -0.2) is 31.1 Å². The van der Waals surface area contributed by atoms with Gasteiger partial charge in [0, 0.05) is 24.5 Å². The number of nitrogens with one attached hydrogen (secondary N) is 2. The minimum Gasteiger partial charge on any atom is -0.351 e. The van der Waals surface area contributed by atoms with Gasteiger partial charge in [-0.1, -0.05) is 0 Å². The molecule has 0 aromatic carbocycles. The van der Waals surface area contributed by atoms with Crippen molar-refractivity contribution in [1.82, 2.24) is 10.6 Å². The van der Waals surface area contributed by atoms with Crippen LogP contribution in [0.1, 0.15) is 27.2 Å². The summed E-state index contributed by atoms with van der Waals surface area (Å²) in [5.41, 5.74) is 5.29. The van der Waals surface area contributed by atoms with E-state index in [4.69, 9.17) is 5.73 Å². The van der Waals surface area contributed by atoms with Gasteiger partial charge in [0.05, 0.1) is 0 Å². The molecule has 0 aromatic heterocycles. The monoisotopic (exact) mass is 187 g/mol. The van der Waals surface area contributed by atoms with Crippen molar-refractivity contribution < 1.29 is 4.79 Å². The molecular weight excluding hydrogens is 166 g/mol. The van der Waals surface area contributed by atoms with E-state index in [0.29, 0.717) is 13.0 Å². The largest absolute Gasteiger partial charge is 0.351 e. The summed E-state index contributed by atoms with van der Waals surface area (Å²) in [6.45, 7) is 6.36. The Morgan fingerprint density at radius 2 is 2.00 bits per heavy atom.